The fraction of sp³-hybridized carbons (Fsp3) is 0.941. The smallest absolute Gasteiger partial charge is 0.226 e. The molecule has 4 nitrogen and oxygen atoms in total. The van der Waals surface area contributed by atoms with Crippen molar-refractivity contribution in [2.75, 3.05) is 39.4 Å². The van der Waals surface area contributed by atoms with Crippen LogP contribution in [0.15, 0.2) is 0 Å². The summed E-state index contributed by atoms with van der Waals surface area (Å²) in [4.78, 5) is 15.2. The standard InChI is InChI=1S/C17H28N2O2.ClH/c20-16(18-1-2-19-3-5-21-6-4-19)17-10-13-7-14(11-17)9-15(8-13)12-17;/h13-15H,1-12H2,(H,18,20);1H. The van der Waals surface area contributed by atoms with Crippen molar-refractivity contribution in [2.45, 2.75) is 38.5 Å². The zero-order valence-electron chi connectivity index (χ0n) is 13.4. The van der Waals surface area contributed by atoms with E-state index in [0.29, 0.717) is 5.91 Å². The van der Waals surface area contributed by atoms with Crippen LogP contribution in [0.25, 0.3) is 0 Å². The molecule has 1 saturated heterocycles. The highest BCUT2D eigenvalue weighted by molar-refractivity contribution is 5.85. The Morgan fingerprint density at radius 1 is 1.05 bits per heavy atom. The van der Waals surface area contributed by atoms with Crippen LogP contribution in [0.2, 0.25) is 0 Å². The van der Waals surface area contributed by atoms with Crippen LogP contribution in [0.4, 0.5) is 0 Å². The molecular weight excluding hydrogens is 300 g/mol. The van der Waals surface area contributed by atoms with Crippen molar-refractivity contribution >= 4 is 18.3 Å². The van der Waals surface area contributed by atoms with Crippen LogP contribution in [0, 0.1) is 23.2 Å². The Labute approximate surface area is 139 Å². The van der Waals surface area contributed by atoms with E-state index in [1.54, 1.807) is 0 Å². The largest absolute Gasteiger partial charge is 0.379 e. The van der Waals surface area contributed by atoms with E-state index in [1.807, 2.05) is 0 Å². The van der Waals surface area contributed by atoms with Crippen molar-refractivity contribution in [3.8, 4) is 0 Å². The highest BCUT2D eigenvalue weighted by Crippen LogP contribution is 2.60. The van der Waals surface area contributed by atoms with Crippen molar-refractivity contribution in [2.24, 2.45) is 23.2 Å². The molecule has 126 valence electrons. The summed E-state index contributed by atoms with van der Waals surface area (Å²) >= 11 is 0. The predicted molar refractivity (Wildman–Crippen MR) is 88.1 cm³/mol. The van der Waals surface area contributed by atoms with Gasteiger partial charge in [-0.3, -0.25) is 9.69 Å². The molecule has 5 fully saturated rings. The number of nitrogens with zero attached hydrogens (tertiary/aromatic N) is 1. The molecule has 0 aromatic heterocycles. The number of amides is 1. The van der Waals surface area contributed by atoms with Gasteiger partial charge in [-0.2, -0.15) is 0 Å². The second kappa shape index (κ2) is 6.66. The second-order valence-electron chi connectivity index (χ2n) is 7.91. The minimum atomic E-state index is 0. The van der Waals surface area contributed by atoms with Gasteiger partial charge in [0, 0.05) is 31.6 Å². The van der Waals surface area contributed by atoms with Gasteiger partial charge in [0.05, 0.1) is 13.2 Å². The molecule has 0 radical (unpaired) electrons. The van der Waals surface area contributed by atoms with E-state index >= 15 is 0 Å². The summed E-state index contributed by atoms with van der Waals surface area (Å²) in [5.41, 5.74) is 0.0137. The van der Waals surface area contributed by atoms with Gasteiger partial charge in [-0.25, -0.2) is 0 Å². The zero-order valence-corrected chi connectivity index (χ0v) is 14.2. The van der Waals surface area contributed by atoms with Crippen molar-refractivity contribution in [1.29, 1.82) is 0 Å². The van der Waals surface area contributed by atoms with E-state index in [-0.39, 0.29) is 17.8 Å². The number of morpholine rings is 1. The molecule has 0 aromatic carbocycles. The third-order valence-electron chi connectivity index (χ3n) is 6.34. The van der Waals surface area contributed by atoms with Gasteiger partial charge in [0.15, 0.2) is 0 Å². The van der Waals surface area contributed by atoms with Gasteiger partial charge >= 0.3 is 0 Å². The summed E-state index contributed by atoms with van der Waals surface area (Å²) in [5, 5.41) is 3.27. The fourth-order valence-corrected chi connectivity index (χ4v) is 5.73. The maximum Gasteiger partial charge on any atom is 0.226 e. The van der Waals surface area contributed by atoms with Gasteiger partial charge in [-0.15, -0.1) is 12.4 Å². The number of nitrogens with one attached hydrogen (secondary N) is 1. The van der Waals surface area contributed by atoms with Gasteiger partial charge < -0.3 is 10.1 Å². The van der Waals surface area contributed by atoms with E-state index in [2.05, 4.69) is 10.2 Å². The lowest BCUT2D eigenvalue weighted by molar-refractivity contribution is -0.146. The lowest BCUT2D eigenvalue weighted by Gasteiger charge is -2.55. The van der Waals surface area contributed by atoms with E-state index in [4.69, 9.17) is 4.74 Å². The lowest BCUT2D eigenvalue weighted by atomic mass is 9.49. The average molecular weight is 329 g/mol. The Bertz CT molecular complexity index is 374. The summed E-state index contributed by atoms with van der Waals surface area (Å²) in [6.07, 6.45) is 7.72. The molecule has 1 N–H and O–H groups in total. The van der Waals surface area contributed by atoms with Crippen LogP contribution in [-0.4, -0.2) is 50.2 Å². The SMILES string of the molecule is Cl.O=C(NCCN1CCOCC1)C12CC3CC(CC(C3)C1)C2. The predicted octanol–water partition coefficient (Wildman–Crippen LogP) is 2.07. The van der Waals surface area contributed by atoms with Gasteiger partial charge in [-0.05, 0) is 56.3 Å². The minimum Gasteiger partial charge on any atom is -0.379 e. The van der Waals surface area contributed by atoms with Crippen LogP contribution in [0.1, 0.15) is 38.5 Å². The van der Waals surface area contributed by atoms with Gasteiger partial charge in [-0.1, -0.05) is 0 Å². The molecule has 4 aliphatic carbocycles. The van der Waals surface area contributed by atoms with Gasteiger partial charge in [0.25, 0.3) is 0 Å². The molecule has 5 heteroatoms. The topological polar surface area (TPSA) is 41.6 Å². The van der Waals surface area contributed by atoms with E-state index < -0.39 is 0 Å². The maximum absolute atomic E-state index is 12.8. The Kier molecular flexibility index (Phi) is 5.01. The Morgan fingerprint density at radius 3 is 2.14 bits per heavy atom. The molecule has 1 aliphatic heterocycles. The summed E-state index contributed by atoms with van der Waals surface area (Å²) < 4.78 is 5.36. The first-order chi connectivity index (χ1) is 10.2. The van der Waals surface area contributed by atoms with E-state index in [1.165, 1.54) is 38.5 Å². The van der Waals surface area contributed by atoms with Crippen molar-refractivity contribution in [3.05, 3.63) is 0 Å². The third kappa shape index (κ3) is 3.15. The number of halogens is 1. The average Bonchev–Trinajstić information content (AvgIpc) is 2.47. The Balaban J connectivity index is 0.00000144. The van der Waals surface area contributed by atoms with Crippen molar-refractivity contribution in [3.63, 3.8) is 0 Å². The van der Waals surface area contributed by atoms with E-state index in [9.17, 15) is 4.79 Å². The molecule has 0 unspecified atom stereocenters. The second-order valence-corrected chi connectivity index (χ2v) is 7.91. The number of rotatable bonds is 4. The van der Waals surface area contributed by atoms with Crippen LogP contribution >= 0.6 is 12.4 Å². The molecule has 0 atom stereocenters. The minimum absolute atomic E-state index is 0. The number of carbonyl (C=O) groups excluding carboxylic acids is 1. The molecular formula is C17H29ClN2O2. The molecule has 0 aromatic rings. The van der Waals surface area contributed by atoms with E-state index in [0.717, 1.165) is 57.1 Å². The Hall–Kier alpha value is -0.320. The normalized spacial score (nSPS) is 40.3. The summed E-state index contributed by atoms with van der Waals surface area (Å²) in [5.74, 6) is 2.92. The first-order valence-electron chi connectivity index (χ1n) is 8.82. The molecule has 22 heavy (non-hydrogen) atoms. The maximum atomic E-state index is 12.8. The molecule has 4 saturated carbocycles. The van der Waals surface area contributed by atoms with Gasteiger partial charge in [0.2, 0.25) is 5.91 Å². The monoisotopic (exact) mass is 328 g/mol. The summed E-state index contributed by atoms with van der Waals surface area (Å²) in [6, 6.07) is 0. The fourth-order valence-electron chi connectivity index (χ4n) is 5.73. The van der Waals surface area contributed by atoms with Crippen LogP contribution < -0.4 is 5.32 Å². The number of hydrogen-bond donors (Lipinski definition) is 1. The summed E-state index contributed by atoms with van der Waals surface area (Å²) in [6.45, 7) is 5.47. The van der Waals surface area contributed by atoms with Crippen molar-refractivity contribution in [1.82, 2.24) is 10.2 Å². The third-order valence-corrected chi connectivity index (χ3v) is 6.34. The highest BCUT2D eigenvalue weighted by Gasteiger charge is 2.54. The number of ether oxygens (including phenoxy) is 1. The summed E-state index contributed by atoms with van der Waals surface area (Å²) in [7, 11) is 0. The first-order valence-corrected chi connectivity index (χ1v) is 8.82. The number of hydrogen-bond acceptors (Lipinski definition) is 3. The van der Waals surface area contributed by atoms with Crippen LogP contribution in [0.5, 0.6) is 0 Å². The molecule has 1 amide bonds. The molecule has 5 rings (SSSR count). The van der Waals surface area contributed by atoms with Crippen molar-refractivity contribution < 1.29 is 9.53 Å². The molecule has 4 bridgehead atoms. The van der Waals surface area contributed by atoms with Crippen LogP contribution in [-0.2, 0) is 9.53 Å². The zero-order chi connectivity index (χ0) is 14.3. The molecule has 1 heterocycles. The quantitative estimate of drug-likeness (QED) is 0.859. The highest BCUT2D eigenvalue weighted by atomic mass is 35.5. The molecule has 0 spiro atoms. The Morgan fingerprint density at radius 2 is 1.59 bits per heavy atom. The van der Waals surface area contributed by atoms with Gasteiger partial charge in [0.1, 0.15) is 0 Å². The lowest BCUT2D eigenvalue weighted by Crippen LogP contribution is -2.54. The molecule has 5 aliphatic rings. The number of carbonyl (C=O) groups is 1. The van der Waals surface area contributed by atoms with Crippen LogP contribution in [0.3, 0.4) is 0 Å². The first kappa shape index (κ1) is 16.5.